The van der Waals surface area contributed by atoms with E-state index in [-0.39, 0.29) is 0 Å². The van der Waals surface area contributed by atoms with E-state index in [1.165, 1.54) is 25.7 Å². The number of halogens is 1. The Balaban J connectivity index is 1.66. The zero-order valence-corrected chi connectivity index (χ0v) is 12.9. The molecule has 1 aromatic rings. The zero-order chi connectivity index (χ0) is 13.9. The number of rotatable bonds is 2. The van der Waals surface area contributed by atoms with Crippen molar-refractivity contribution in [3.05, 3.63) is 34.9 Å². The van der Waals surface area contributed by atoms with E-state index in [1.807, 2.05) is 29.3 Å². The van der Waals surface area contributed by atoms with Crippen LogP contribution in [0, 0.1) is 0 Å². The van der Waals surface area contributed by atoms with Crippen molar-refractivity contribution in [3.63, 3.8) is 0 Å². The molecule has 1 aliphatic carbocycles. The lowest BCUT2D eigenvalue weighted by atomic mass is 10.1. The van der Waals surface area contributed by atoms with Gasteiger partial charge in [0.1, 0.15) is 0 Å². The molecule has 3 rings (SSSR count). The SMILES string of the molecule is S=C(NC1CCCC1)N1CCC(c2cccc(Cl)c2)=N1. The van der Waals surface area contributed by atoms with Crippen molar-refractivity contribution in [2.45, 2.75) is 38.1 Å². The van der Waals surface area contributed by atoms with Gasteiger partial charge in [0.25, 0.3) is 0 Å². The summed E-state index contributed by atoms with van der Waals surface area (Å²) in [7, 11) is 0. The second kappa shape index (κ2) is 6.10. The van der Waals surface area contributed by atoms with E-state index in [0.29, 0.717) is 6.04 Å². The van der Waals surface area contributed by atoms with Crippen LogP contribution >= 0.6 is 23.8 Å². The summed E-state index contributed by atoms with van der Waals surface area (Å²) in [5.41, 5.74) is 2.15. The Bertz CT molecular complexity index is 538. The first kappa shape index (κ1) is 13.8. The van der Waals surface area contributed by atoms with Gasteiger partial charge in [0.15, 0.2) is 5.11 Å². The number of benzene rings is 1. The highest BCUT2D eigenvalue weighted by Crippen LogP contribution is 2.20. The molecule has 0 amide bonds. The minimum absolute atomic E-state index is 0.535. The van der Waals surface area contributed by atoms with E-state index in [0.717, 1.165) is 34.4 Å². The average molecular weight is 308 g/mol. The van der Waals surface area contributed by atoms with Crippen molar-refractivity contribution >= 4 is 34.6 Å². The fourth-order valence-electron chi connectivity index (χ4n) is 2.79. The summed E-state index contributed by atoms with van der Waals surface area (Å²) in [5, 5.41) is 11.5. The molecular weight excluding hydrogens is 290 g/mol. The molecule has 0 atom stereocenters. The Hall–Kier alpha value is -1.13. The normalized spacial score (nSPS) is 19.2. The van der Waals surface area contributed by atoms with Gasteiger partial charge in [-0.15, -0.1) is 0 Å². The van der Waals surface area contributed by atoms with E-state index in [9.17, 15) is 0 Å². The summed E-state index contributed by atoms with van der Waals surface area (Å²) in [6.45, 7) is 0.848. The first-order chi connectivity index (χ1) is 9.72. The molecule has 1 aliphatic heterocycles. The van der Waals surface area contributed by atoms with Crippen LogP contribution in [-0.2, 0) is 0 Å². The summed E-state index contributed by atoms with van der Waals surface area (Å²) in [6.07, 6.45) is 5.96. The Kier molecular flexibility index (Phi) is 4.22. The van der Waals surface area contributed by atoms with Gasteiger partial charge in [0.2, 0.25) is 0 Å². The Morgan fingerprint density at radius 1 is 1.35 bits per heavy atom. The van der Waals surface area contributed by atoms with Gasteiger partial charge >= 0.3 is 0 Å². The summed E-state index contributed by atoms with van der Waals surface area (Å²) >= 11 is 11.5. The van der Waals surface area contributed by atoms with Crippen molar-refractivity contribution in [2.24, 2.45) is 5.10 Å². The van der Waals surface area contributed by atoms with Crippen LogP contribution in [0.15, 0.2) is 29.4 Å². The number of hydrogen-bond donors (Lipinski definition) is 1. The van der Waals surface area contributed by atoms with Crippen LogP contribution in [0.3, 0.4) is 0 Å². The lowest BCUT2D eigenvalue weighted by Crippen LogP contribution is -2.40. The summed E-state index contributed by atoms with van der Waals surface area (Å²) < 4.78 is 0. The van der Waals surface area contributed by atoms with E-state index < -0.39 is 0 Å². The molecule has 0 spiro atoms. The smallest absolute Gasteiger partial charge is 0.189 e. The minimum Gasteiger partial charge on any atom is -0.358 e. The van der Waals surface area contributed by atoms with Crippen LogP contribution in [0.2, 0.25) is 5.02 Å². The van der Waals surface area contributed by atoms with Crippen LogP contribution in [0.1, 0.15) is 37.7 Å². The molecule has 0 saturated heterocycles. The Morgan fingerprint density at radius 2 is 2.15 bits per heavy atom. The number of hydrazone groups is 1. The second-order valence-electron chi connectivity index (χ2n) is 5.36. The molecule has 1 fully saturated rings. The molecule has 1 saturated carbocycles. The van der Waals surface area contributed by atoms with Gasteiger partial charge in [-0.1, -0.05) is 36.6 Å². The average Bonchev–Trinajstić information content (AvgIpc) is 3.09. The predicted molar refractivity (Wildman–Crippen MR) is 87.3 cm³/mol. The van der Waals surface area contributed by atoms with Crippen molar-refractivity contribution in [1.29, 1.82) is 0 Å². The summed E-state index contributed by atoms with van der Waals surface area (Å²) in [5.74, 6) is 0. The quantitative estimate of drug-likeness (QED) is 0.847. The van der Waals surface area contributed by atoms with Crippen LogP contribution in [0.25, 0.3) is 0 Å². The monoisotopic (exact) mass is 307 g/mol. The highest BCUT2D eigenvalue weighted by molar-refractivity contribution is 7.80. The van der Waals surface area contributed by atoms with Gasteiger partial charge in [0, 0.05) is 24.0 Å². The number of nitrogens with one attached hydrogen (secondary N) is 1. The second-order valence-corrected chi connectivity index (χ2v) is 6.18. The summed E-state index contributed by atoms with van der Waals surface area (Å²) in [6, 6.07) is 8.37. The molecular formula is C15H18ClN3S. The first-order valence-corrected chi connectivity index (χ1v) is 7.92. The molecule has 0 aromatic heterocycles. The minimum atomic E-state index is 0.535. The molecule has 0 radical (unpaired) electrons. The first-order valence-electron chi connectivity index (χ1n) is 7.14. The van der Waals surface area contributed by atoms with E-state index in [1.54, 1.807) is 0 Å². The van der Waals surface area contributed by atoms with Crippen molar-refractivity contribution < 1.29 is 0 Å². The van der Waals surface area contributed by atoms with Gasteiger partial charge in [-0.3, -0.25) is 0 Å². The van der Waals surface area contributed by atoms with E-state index in [4.69, 9.17) is 23.8 Å². The molecule has 20 heavy (non-hydrogen) atoms. The Labute approximate surface area is 130 Å². The molecule has 0 bridgehead atoms. The number of thiocarbonyl (C=S) groups is 1. The van der Waals surface area contributed by atoms with Gasteiger partial charge in [-0.2, -0.15) is 5.10 Å². The van der Waals surface area contributed by atoms with Crippen molar-refractivity contribution in [1.82, 2.24) is 10.3 Å². The van der Waals surface area contributed by atoms with Crippen molar-refractivity contribution in [2.75, 3.05) is 6.54 Å². The molecule has 2 aliphatic rings. The molecule has 1 heterocycles. The fraction of sp³-hybridized carbons (Fsp3) is 0.467. The van der Waals surface area contributed by atoms with Crippen LogP contribution < -0.4 is 5.32 Å². The highest BCUT2D eigenvalue weighted by atomic mass is 35.5. The molecule has 1 N–H and O–H groups in total. The maximum Gasteiger partial charge on any atom is 0.189 e. The molecule has 106 valence electrons. The highest BCUT2D eigenvalue weighted by Gasteiger charge is 2.22. The van der Waals surface area contributed by atoms with Gasteiger partial charge in [0.05, 0.1) is 5.71 Å². The molecule has 3 nitrogen and oxygen atoms in total. The fourth-order valence-corrected chi connectivity index (χ4v) is 3.28. The van der Waals surface area contributed by atoms with Gasteiger partial charge < -0.3 is 5.32 Å². The van der Waals surface area contributed by atoms with Crippen LogP contribution in [0.5, 0.6) is 0 Å². The predicted octanol–water partition coefficient (Wildman–Crippen LogP) is 3.57. The van der Waals surface area contributed by atoms with Crippen LogP contribution in [0.4, 0.5) is 0 Å². The standard InChI is InChI=1S/C15H18ClN3S/c16-12-5-3-4-11(10-12)14-8-9-19(18-14)15(20)17-13-6-1-2-7-13/h3-5,10,13H,1-2,6-9H2,(H,17,20). The maximum absolute atomic E-state index is 6.03. The molecule has 5 heteroatoms. The molecule has 1 aromatic carbocycles. The third-order valence-electron chi connectivity index (χ3n) is 3.88. The van der Waals surface area contributed by atoms with E-state index >= 15 is 0 Å². The van der Waals surface area contributed by atoms with Crippen molar-refractivity contribution in [3.8, 4) is 0 Å². The third kappa shape index (κ3) is 3.13. The molecule has 0 unspecified atom stereocenters. The zero-order valence-electron chi connectivity index (χ0n) is 11.3. The Morgan fingerprint density at radius 3 is 2.90 bits per heavy atom. The van der Waals surface area contributed by atoms with Crippen LogP contribution in [-0.4, -0.2) is 28.4 Å². The number of hydrogen-bond acceptors (Lipinski definition) is 2. The lowest BCUT2D eigenvalue weighted by molar-refractivity contribution is 0.463. The number of nitrogens with zero attached hydrogens (tertiary/aromatic N) is 2. The maximum atomic E-state index is 6.03. The summed E-state index contributed by atoms with van der Waals surface area (Å²) in [4.78, 5) is 0. The van der Waals surface area contributed by atoms with Gasteiger partial charge in [-0.05, 0) is 42.8 Å². The lowest BCUT2D eigenvalue weighted by Gasteiger charge is -2.20. The largest absolute Gasteiger partial charge is 0.358 e. The van der Waals surface area contributed by atoms with E-state index in [2.05, 4.69) is 10.4 Å². The third-order valence-corrected chi connectivity index (χ3v) is 4.44. The van der Waals surface area contributed by atoms with Gasteiger partial charge in [-0.25, -0.2) is 5.01 Å². The topological polar surface area (TPSA) is 27.6 Å².